The van der Waals surface area contributed by atoms with Gasteiger partial charge in [0.05, 0.1) is 22.6 Å². The molecule has 1 aromatic rings. The fraction of sp³-hybridized carbons (Fsp3) is 0.462. The van der Waals surface area contributed by atoms with Crippen LogP contribution >= 0.6 is 0 Å². The lowest BCUT2D eigenvalue weighted by Crippen LogP contribution is -2.40. The maximum Gasteiger partial charge on any atom is 0.240 e. The molecule has 0 heterocycles. The van der Waals surface area contributed by atoms with Crippen molar-refractivity contribution < 1.29 is 13.2 Å². The highest BCUT2D eigenvalue weighted by Crippen LogP contribution is 2.23. The molecule has 6 heteroatoms. The zero-order chi connectivity index (χ0) is 13.9. The van der Waals surface area contributed by atoms with Gasteiger partial charge in [0.25, 0.3) is 0 Å². The molecule has 0 amide bonds. The standard InChI is InChI=1S/C13H16N2O3S/c1-18-13-4-2-3-12(13)15-19(16,17)11-7-5-10(9-14)6-8-11/h5-8,12-13,15H,2-4H2,1H3. The molecule has 0 saturated heterocycles. The minimum atomic E-state index is -3.55. The zero-order valence-corrected chi connectivity index (χ0v) is 11.5. The van der Waals surface area contributed by atoms with Gasteiger partial charge in [-0.05, 0) is 43.5 Å². The van der Waals surface area contributed by atoms with Crippen molar-refractivity contribution in [1.82, 2.24) is 4.72 Å². The number of nitrogens with one attached hydrogen (secondary N) is 1. The van der Waals surface area contributed by atoms with E-state index < -0.39 is 10.0 Å². The highest BCUT2D eigenvalue weighted by atomic mass is 32.2. The minimum Gasteiger partial charge on any atom is -0.380 e. The molecule has 2 unspecified atom stereocenters. The summed E-state index contributed by atoms with van der Waals surface area (Å²) in [5.41, 5.74) is 0.439. The third-order valence-corrected chi connectivity index (χ3v) is 4.86. The molecule has 1 N–H and O–H groups in total. The Morgan fingerprint density at radius 1 is 1.32 bits per heavy atom. The van der Waals surface area contributed by atoms with Crippen molar-refractivity contribution in [2.24, 2.45) is 0 Å². The Kier molecular flexibility index (Phi) is 4.20. The highest BCUT2D eigenvalue weighted by molar-refractivity contribution is 7.89. The van der Waals surface area contributed by atoms with E-state index in [9.17, 15) is 8.42 Å². The number of sulfonamides is 1. The molecular weight excluding hydrogens is 264 g/mol. The molecule has 1 aromatic carbocycles. The second-order valence-electron chi connectivity index (χ2n) is 4.57. The average Bonchev–Trinajstić information content (AvgIpc) is 2.85. The van der Waals surface area contributed by atoms with E-state index >= 15 is 0 Å². The van der Waals surface area contributed by atoms with E-state index in [1.54, 1.807) is 7.11 Å². The number of hydrogen-bond acceptors (Lipinski definition) is 4. The van der Waals surface area contributed by atoms with Crippen LogP contribution in [-0.4, -0.2) is 27.7 Å². The van der Waals surface area contributed by atoms with Crippen molar-refractivity contribution in [3.05, 3.63) is 29.8 Å². The second kappa shape index (κ2) is 5.70. The number of methoxy groups -OCH3 is 1. The predicted molar refractivity (Wildman–Crippen MR) is 69.9 cm³/mol. The molecule has 102 valence electrons. The normalized spacial score (nSPS) is 23.2. The van der Waals surface area contributed by atoms with Crippen molar-refractivity contribution in [3.8, 4) is 6.07 Å². The molecule has 1 aliphatic rings. The first-order valence-electron chi connectivity index (χ1n) is 6.12. The van der Waals surface area contributed by atoms with Gasteiger partial charge in [-0.3, -0.25) is 0 Å². The summed E-state index contributed by atoms with van der Waals surface area (Å²) in [5.74, 6) is 0. The van der Waals surface area contributed by atoms with Gasteiger partial charge in [0.15, 0.2) is 0 Å². The highest BCUT2D eigenvalue weighted by Gasteiger charge is 2.31. The number of ether oxygens (including phenoxy) is 1. The first kappa shape index (κ1) is 14.0. The molecule has 19 heavy (non-hydrogen) atoms. The first-order chi connectivity index (χ1) is 9.06. The van der Waals surface area contributed by atoms with E-state index in [0.717, 1.165) is 19.3 Å². The number of nitrogens with zero attached hydrogens (tertiary/aromatic N) is 1. The molecule has 2 rings (SSSR count). The van der Waals surface area contributed by atoms with Crippen LogP contribution in [0.25, 0.3) is 0 Å². The van der Waals surface area contributed by atoms with Gasteiger partial charge in [-0.2, -0.15) is 5.26 Å². The van der Waals surface area contributed by atoms with E-state index in [1.165, 1.54) is 24.3 Å². The maximum absolute atomic E-state index is 12.2. The van der Waals surface area contributed by atoms with Crippen LogP contribution in [-0.2, 0) is 14.8 Å². The molecule has 1 saturated carbocycles. The van der Waals surface area contributed by atoms with Gasteiger partial charge in [0.1, 0.15) is 0 Å². The third kappa shape index (κ3) is 3.13. The molecule has 0 aromatic heterocycles. The van der Waals surface area contributed by atoms with Crippen molar-refractivity contribution in [2.75, 3.05) is 7.11 Å². The van der Waals surface area contributed by atoms with Crippen LogP contribution in [0.4, 0.5) is 0 Å². The Morgan fingerprint density at radius 2 is 2.00 bits per heavy atom. The van der Waals surface area contributed by atoms with E-state index in [-0.39, 0.29) is 17.0 Å². The molecule has 1 fully saturated rings. The van der Waals surface area contributed by atoms with Crippen molar-refractivity contribution in [3.63, 3.8) is 0 Å². The van der Waals surface area contributed by atoms with Crippen LogP contribution < -0.4 is 4.72 Å². The van der Waals surface area contributed by atoms with Crippen LogP contribution in [0.15, 0.2) is 29.2 Å². The van der Waals surface area contributed by atoms with Crippen LogP contribution in [0, 0.1) is 11.3 Å². The van der Waals surface area contributed by atoms with Gasteiger partial charge in [-0.15, -0.1) is 0 Å². The zero-order valence-electron chi connectivity index (χ0n) is 10.7. The van der Waals surface area contributed by atoms with E-state index in [1.807, 2.05) is 6.07 Å². The lowest BCUT2D eigenvalue weighted by molar-refractivity contribution is 0.0916. The van der Waals surface area contributed by atoms with Gasteiger partial charge in [-0.1, -0.05) is 0 Å². The largest absolute Gasteiger partial charge is 0.380 e. The first-order valence-corrected chi connectivity index (χ1v) is 7.60. The van der Waals surface area contributed by atoms with Crippen LogP contribution in [0.5, 0.6) is 0 Å². The molecule has 1 aliphatic carbocycles. The van der Waals surface area contributed by atoms with Gasteiger partial charge < -0.3 is 4.74 Å². The summed E-state index contributed by atoms with van der Waals surface area (Å²) in [6, 6.07) is 7.66. The Morgan fingerprint density at radius 3 is 2.58 bits per heavy atom. The predicted octanol–water partition coefficient (Wildman–Crippen LogP) is 1.40. The van der Waals surface area contributed by atoms with Crippen molar-refractivity contribution in [2.45, 2.75) is 36.3 Å². The lowest BCUT2D eigenvalue weighted by Gasteiger charge is -2.19. The average molecular weight is 280 g/mol. The van der Waals surface area contributed by atoms with Gasteiger partial charge in [-0.25, -0.2) is 13.1 Å². The fourth-order valence-corrected chi connectivity index (χ4v) is 3.62. The Labute approximate surface area is 113 Å². The molecule has 5 nitrogen and oxygen atoms in total. The van der Waals surface area contributed by atoms with Crippen molar-refractivity contribution in [1.29, 1.82) is 5.26 Å². The summed E-state index contributed by atoms with van der Waals surface area (Å²) in [6.45, 7) is 0. The van der Waals surface area contributed by atoms with Crippen LogP contribution in [0.1, 0.15) is 24.8 Å². The van der Waals surface area contributed by atoms with Gasteiger partial charge in [0, 0.05) is 13.2 Å². The number of nitriles is 1. The third-order valence-electron chi connectivity index (χ3n) is 3.36. The summed E-state index contributed by atoms with van der Waals surface area (Å²) in [4.78, 5) is 0.174. The Bertz CT molecular complexity index is 575. The number of benzene rings is 1. The molecule has 0 radical (unpaired) electrons. The number of hydrogen-bond donors (Lipinski definition) is 1. The Balaban J connectivity index is 2.15. The summed E-state index contributed by atoms with van der Waals surface area (Å²) in [6.07, 6.45) is 2.55. The quantitative estimate of drug-likeness (QED) is 0.904. The molecule has 2 atom stereocenters. The van der Waals surface area contributed by atoms with Crippen LogP contribution in [0.2, 0.25) is 0 Å². The minimum absolute atomic E-state index is 0.0619. The summed E-state index contributed by atoms with van der Waals surface area (Å²) >= 11 is 0. The molecular formula is C13H16N2O3S. The van der Waals surface area contributed by atoms with E-state index in [4.69, 9.17) is 10.00 Å². The summed E-state index contributed by atoms with van der Waals surface area (Å²) in [7, 11) is -1.95. The van der Waals surface area contributed by atoms with Gasteiger partial charge in [0.2, 0.25) is 10.0 Å². The summed E-state index contributed by atoms with van der Waals surface area (Å²) < 4.78 is 32.3. The SMILES string of the molecule is COC1CCCC1NS(=O)(=O)c1ccc(C#N)cc1. The monoisotopic (exact) mass is 280 g/mol. The molecule has 0 bridgehead atoms. The van der Waals surface area contributed by atoms with Gasteiger partial charge >= 0.3 is 0 Å². The fourth-order valence-electron chi connectivity index (χ4n) is 2.32. The van der Waals surface area contributed by atoms with Crippen molar-refractivity contribution >= 4 is 10.0 Å². The molecule has 0 spiro atoms. The lowest BCUT2D eigenvalue weighted by atomic mass is 10.2. The maximum atomic E-state index is 12.2. The van der Waals surface area contributed by atoms with E-state index in [0.29, 0.717) is 5.56 Å². The summed E-state index contributed by atoms with van der Waals surface area (Å²) in [5, 5.41) is 8.70. The topological polar surface area (TPSA) is 79.2 Å². The van der Waals surface area contributed by atoms with Crippen LogP contribution in [0.3, 0.4) is 0 Å². The number of rotatable bonds is 4. The second-order valence-corrected chi connectivity index (χ2v) is 6.28. The Hall–Kier alpha value is -1.42. The molecule has 0 aliphatic heterocycles. The van der Waals surface area contributed by atoms with E-state index in [2.05, 4.69) is 4.72 Å². The smallest absolute Gasteiger partial charge is 0.240 e.